The number of fused-ring (bicyclic) bond motifs is 2. The monoisotopic (exact) mass is 609 g/mol. The quantitative estimate of drug-likeness (QED) is 0.221. The third-order valence-electron chi connectivity index (χ3n) is 10.1. The zero-order valence-electron chi connectivity index (χ0n) is 23.6. The number of carbonyl (C=O) groups excluding carboxylic acids is 2. The number of hydrogen-bond acceptors (Lipinski definition) is 5. The van der Waals surface area contributed by atoms with E-state index < -0.39 is 16.7 Å². The van der Waals surface area contributed by atoms with Gasteiger partial charge in [-0.05, 0) is 64.9 Å². The minimum absolute atomic E-state index is 0.0466. The molecule has 1 saturated carbocycles. The van der Waals surface area contributed by atoms with E-state index in [2.05, 4.69) is 4.90 Å². The molecule has 3 spiro atoms. The summed E-state index contributed by atoms with van der Waals surface area (Å²) in [5.74, 6) is -1.48. The molecule has 43 heavy (non-hydrogen) atoms. The van der Waals surface area contributed by atoms with E-state index in [1.165, 1.54) is 0 Å². The highest BCUT2D eigenvalue weighted by molar-refractivity contribution is 6.31. The minimum atomic E-state index is -1.26. The van der Waals surface area contributed by atoms with E-state index in [4.69, 9.17) is 32.7 Å². The summed E-state index contributed by atoms with van der Waals surface area (Å²) >= 11 is 12.5. The Balaban J connectivity index is 1.45. The Morgan fingerprint density at radius 3 is 2.19 bits per heavy atom. The Bertz CT molecular complexity index is 1840. The molecule has 2 heterocycles. The number of ketones is 2. The molecule has 0 bridgehead atoms. The van der Waals surface area contributed by atoms with Crippen molar-refractivity contribution in [3.8, 4) is 0 Å². The van der Waals surface area contributed by atoms with Gasteiger partial charge < -0.3 is 9.47 Å². The minimum Gasteiger partial charge on any atom is -0.347 e. The molecule has 4 aliphatic rings. The number of likely N-dealkylation sites (N-methyl/N-ethyl adjacent to an activating group) is 1. The molecular formula is C36H29Cl2NO4. The molecule has 3 atom stereocenters. The van der Waals surface area contributed by atoms with E-state index in [-0.39, 0.29) is 23.9 Å². The summed E-state index contributed by atoms with van der Waals surface area (Å²) in [4.78, 5) is 32.8. The van der Waals surface area contributed by atoms with Gasteiger partial charge in [0, 0.05) is 46.5 Å². The second-order valence-corrected chi connectivity index (χ2v) is 13.1. The maximum Gasteiger partial charge on any atom is 0.189 e. The van der Waals surface area contributed by atoms with Crippen LogP contribution in [0.1, 0.15) is 45.8 Å². The van der Waals surface area contributed by atoms with Gasteiger partial charge in [-0.1, -0.05) is 83.9 Å². The van der Waals surface area contributed by atoms with Crippen molar-refractivity contribution in [2.75, 3.05) is 26.8 Å². The number of nitrogens with zero attached hydrogens (tertiary/aromatic N) is 1. The first-order chi connectivity index (χ1) is 20.8. The average Bonchev–Trinajstić information content (AvgIpc) is 3.64. The predicted molar refractivity (Wildman–Crippen MR) is 168 cm³/mol. The summed E-state index contributed by atoms with van der Waals surface area (Å²) in [5, 5.41) is 3.14. The van der Waals surface area contributed by atoms with Crippen LogP contribution in [0, 0.1) is 5.41 Å². The number of rotatable bonds is 2. The molecule has 8 rings (SSSR count). The van der Waals surface area contributed by atoms with Gasteiger partial charge in [0.05, 0.1) is 18.6 Å². The molecule has 5 nitrogen and oxygen atoms in total. The molecule has 0 unspecified atom stereocenters. The number of hydrogen-bond donors (Lipinski definition) is 0. The van der Waals surface area contributed by atoms with E-state index in [1.807, 2.05) is 98.1 Å². The van der Waals surface area contributed by atoms with Crippen molar-refractivity contribution in [3.05, 3.63) is 123 Å². The fourth-order valence-corrected chi connectivity index (χ4v) is 8.84. The smallest absolute Gasteiger partial charge is 0.189 e. The lowest BCUT2D eigenvalue weighted by molar-refractivity contribution is -0.200. The summed E-state index contributed by atoms with van der Waals surface area (Å²) in [5.41, 5.74) is 1.42. The second-order valence-electron chi connectivity index (χ2n) is 12.2. The Labute approximate surface area is 260 Å². The van der Waals surface area contributed by atoms with Gasteiger partial charge in [-0.3, -0.25) is 14.5 Å². The molecule has 0 radical (unpaired) electrons. The van der Waals surface area contributed by atoms with Crippen LogP contribution in [0.15, 0.2) is 90.5 Å². The summed E-state index contributed by atoms with van der Waals surface area (Å²) < 4.78 is 12.9. The molecule has 4 aromatic rings. The lowest BCUT2D eigenvalue weighted by Crippen LogP contribution is -2.63. The first kappa shape index (κ1) is 27.2. The predicted octanol–water partition coefficient (Wildman–Crippen LogP) is 7.44. The molecule has 4 aromatic carbocycles. The number of halogens is 2. The Morgan fingerprint density at radius 1 is 0.837 bits per heavy atom. The maximum absolute atomic E-state index is 15.5. The van der Waals surface area contributed by atoms with Gasteiger partial charge in [0.2, 0.25) is 0 Å². The van der Waals surface area contributed by atoms with E-state index >= 15 is 9.59 Å². The van der Waals surface area contributed by atoms with Crippen molar-refractivity contribution in [1.82, 2.24) is 4.90 Å². The third-order valence-corrected chi connectivity index (χ3v) is 10.6. The van der Waals surface area contributed by atoms with Gasteiger partial charge in [0.1, 0.15) is 5.54 Å². The first-order valence-electron chi connectivity index (χ1n) is 14.6. The van der Waals surface area contributed by atoms with E-state index in [0.29, 0.717) is 47.4 Å². The van der Waals surface area contributed by atoms with Crippen LogP contribution in [0.4, 0.5) is 0 Å². The van der Waals surface area contributed by atoms with E-state index in [9.17, 15) is 0 Å². The van der Waals surface area contributed by atoms with Crippen LogP contribution in [-0.2, 0) is 19.8 Å². The zero-order valence-corrected chi connectivity index (χ0v) is 25.1. The van der Waals surface area contributed by atoms with Crippen LogP contribution in [0.25, 0.3) is 16.8 Å². The SMILES string of the molecule is CN1C[C@H](c2ccc(Cl)cc2)[C@]2(CC3(C/C(=C\c4ccc(Cl)cc4)C2=O)OCCO3)[C@]12C(=O)c1cccc3cccc2c13. The lowest BCUT2D eigenvalue weighted by atomic mass is 9.51. The van der Waals surface area contributed by atoms with Gasteiger partial charge in [-0.15, -0.1) is 0 Å². The number of likely N-dealkylation sites (tertiary alicyclic amines) is 1. The van der Waals surface area contributed by atoms with Crippen molar-refractivity contribution < 1.29 is 19.1 Å². The normalized spacial score (nSPS) is 28.8. The topological polar surface area (TPSA) is 55.8 Å². The highest BCUT2D eigenvalue weighted by atomic mass is 35.5. The van der Waals surface area contributed by atoms with Crippen LogP contribution in [0.5, 0.6) is 0 Å². The zero-order chi connectivity index (χ0) is 29.6. The summed E-state index contributed by atoms with van der Waals surface area (Å²) in [6.07, 6.45) is 2.48. The van der Waals surface area contributed by atoms with Crippen LogP contribution in [0.3, 0.4) is 0 Å². The van der Waals surface area contributed by atoms with Crippen molar-refractivity contribution in [2.24, 2.45) is 5.41 Å². The summed E-state index contributed by atoms with van der Waals surface area (Å²) in [7, 11) is 1.98. The van der Waals surface area contributed by atoms with Gasteiger partial charge in [-0.25, -0.2) is 0 Å². The van der Waals surface area contributed by atoms with Crippen LogP contribution in [0.2, 0.25) is 10.0 Å². The van der Waals surface area contributed by atoms with Gasteiger partial charge in [0.15, 0.2) is 17.4 Å². The molecule has 2 aliphatic heterocycles. The number of carbonyl (C=O) groups is 2. The van der Waals surface area contributed by atoms with Crippen LogP contribution in [-0.4, -0.2) is 49.1 Å². The van der Waals surface area contributed by atoms with E-state index in [0.717, 1.165) is 27.5 Å². The molecule has 3 fully saturated rings. The lowest BCUT2D eigenvalue weighted by Gasteiger charge is -2.53. The fourth-order valence-electron chi connectivity index (χ4n) is 8.59. The Kier molecular flexibility index (Phi) is 6.08. The van der Waals surface area contributed by atoms with Crippen LogP contribution < -0.4 is 0 Å². The molecule has 2 aliphatic carbocycles. The Hall–Kier alpha value is -3.32. The molecule has 0 aromatic heterocycles. The Morgan fingerprint density at radius 2 is 1.49 bits per heavy atom. The fraction of sp³-hybridized carbons (Fsp3) is 0.278. The molecule has 216 valence electrons. The third kappa shape index (κ3) is 3.63. The highest BCUT2D eigenvalue weighted by Gasteiger charge is 2.76. The number of benzene rings is 4. The van der Waals surface area contributed by atoms with Crippen molar-refractivity contribution in [3.63, 3.8) is 0 Å². The molecule has 2 saturated heterocycles. The van der Waals surface area contributed by atoms with Crippen molar-refractivity contribution in [1.29, 1.82) is 0 Å². The van der Waals surface area contributed by atoms with Gasteiger partial charge in [-0.2, -0.15) is 0 Å². The summed E-state index contributed by atoms with van der Waals surface area (Å²) in [6.45, 7) is 1.35. The maximum atomic E-state index is 15.5. The number of ether oxygens (including phenoxy) is 2. The van der Waals surface area contributed by atoms with Gasteiger partial charge in [0.25, 0.3) is 0 Å². The summed E-state index contributed by atoms with van der Waals surface area (Å²) in [6, 6.07) is 27.0. The average molecular weight is 611 g/mol. The van der Waals surface area contributed by atoms with Gasteiger partial charge >= 0.3 is 0 Å². The largest absolute Gasteiger partial charge is 0.347 e. The van der Waals surface area contributed by atoms with Crippen molar-refractivity contribution >= 4 is 51.6 Å². The standard InChI is InChI=1S/C36H29Cl2NO4/c1-39-20-30(23-10-14-27(38)15-11-23)35(36(39)29-7-3-5-24-4-2-6-28(31(24)29)33(36)41)21-34(42-16-17-43-34)19-25(32(35)40)18-22-8-12-26(37)13-9-22/h2-15,18,30H,16-17,19-21H2,1H3/b25-18+/t30-,35+,36+/m1/s1. The van der Waals surface area contributed by atoms with Crippen LogP contribution >= 0.6 is 23.2 Å². The molecule has 7 heteroatoms. The number of Topliss-reactive ketones (excluding diaryl/α,β-unsaturated/α-hetero) is 2. The highest BCUT2D eigenvalue weighted by Crippen LogP contribution is 2.69. The molecule has 0 N–H and O–H groups in total. The first-order valence-corrected chi connectivity index (χ1v) is 15.4. The molecular weight excluding hydrogens is 581 g/mol. The molecule has 0 amide bonds. The van der Waals surface area contributed by atoms with E-state index in [1.54, 1.807) is 0 Å². The second kappa shape index (κ2) is 9.59. The van der Waals surface area contributed by atoms with Crippen molar-refractivity contribution in [2.45, 2.75) is 30.1 Å².